The van der Waals surface area contributed by atoms with Crippen LogP contribution >= 0.6 is 11.3 Å². The summed E-state index contributed by atoms with van der Waals surface area (Å²) in [6.45, 7) is 2.85. The Hall–Kier alpha value is -2.10. The average Bonchev–Trinajstić information content (AvgIpc) is 3.39. The molecule has 0 amide bonds. The molecule has 0 bridgehead atoms. The zero-order valence-electron chi connectivity index (χ0n) is 15.3. The van der Waals surface area contributed by atoms with Crippen LogP contribution in [0.4, 0.5) is 4.39 Å². The summed E-state index contributed by atoms with van der Waals surface area (Å²) >= 11 is 1.34. The second-order valence-corrected chi connectivity index (χ2v) is 10.0. The Kier molecular flexibility index (Phi) is 5.31. The molecule has 0 N–H and O–H groups in total. The van der Waals surface area contributed by atoms with E-state index in [1.165, 1.54) is 27.8 Å². The molecule has 0 unspecified atom stereocenters. The van der Waals surface area contributed by atoms with Crippen molar-refractivity contribution < 1.29 is 17.2 Å². The van der Waals surface area contributed by atoms with Crippen molar-refractivity contribution in [1.82, 2.24) is 14.5 Å². The fourth-order valence-corrected chi connectivity index (χ4v) is 6.19. The molecule has 2 aromatic heterocycles. The van der Waals surface area contributed by atoms with E-state index in [0.717, 1.165) is 11.3 Å². The molecule has 0 atom stereocenters. The summed E-state index contributed by atoms with van der Waals surface area (Å²) in [5.41, 5.74) is 0.657. The van der Waals surface area contributed by atoms with Gasteiger partial charge in [0.15, 0.2) is 0 Å². The molecule has 1 aromatic carbocycles. The SMILES string of the molecule is CCc1ccc(S(=O)(=O)N2CCC(c3nnc(-c4ccc(F)cc4)o3)CC2)s1. The summed E-state index contributed by atoms with van der Waals surface area (Å²) in [5.74, 6) is 0.535. The molecule has 1 aliphatic heterocycles. The van der Waals surface area contributed by atoms with Crippen LogP contribution < -0.4 is 0 Å². The predicted molar refractivity (Wildman–Crippen MR) is 104 cm³/mol. The normalized spacial score (nSPS) is 16.5. The van der Waals surface area contributed by atoms with Crippen molar-refractivity contribution in [1.29, 1.82) is 0 Å². The number of aromatic nitrogens is 2. The minimum absolute atomic E-state index is 0.0164. The second kappa shape index (κ2) is 7.73. The zero-order chi connectivity index (χ0) is 19.7. The molecule has 4 rings (SSSR count). The third-order valence-electron chi connectivity index (χ3n) is 4.91. The lowest BCUT2D eigenvalue weighted by atomic mass is 9.98. The maximum atomic E-state index is 13.1. The van der Waals surface area contributed by atoms with Crippen LogP contribution in [0.15, 0.2) is 45.0 Å². The van der Waals surface area contributed by atoms with E-state index in [0.29, 0.717) is 47.5 Å². The highest BCUT2D eigenvalue weighted by Gasteiger charge is 2.32. The highest BCUT2D eigenvalue weighted by molar-refractivity contribution is 7.91. The Bertz CT molecular complexity index is 1050. The molecule has 148 valence electrons. The van der Waals surface area contributed by atoms with Gasteiger partial charge in [-0.15, -0.1) is 21.5 Å². The molecule has 0 radical (unpaired) electrons. The summed E-state index contributed by atoms with van der Waals surface area (Å²) in [5, 5.41) is 8.17. The molecule has 6 nitrogen and oxygen atoms in total. The first-order valence-electron chi connectivity index (χ1n) is 9.15. The Morgan fingerprint density at radius 1 is 1.14 bits per heavy atom. The molecule has 0 spiro atoms. The molecule has 1 saturated heterocycles. The van der Waals surface area contributed by atoms with Crippen molar-refractivity contribution in [2.45, 2.75) is 36.3 Å². The number of thiophene rings is 1. The molecule has 0 saturated carbocycles. The highest BCUT2D eigenvalue weighted by Crippen LogP contribution is 2.33. The van der Waals surface area contributed by atoms with E-state index < -0.39 is 10.0 Å². The van der Waals surface area contributed by atoms with Crippen molar-refractivity contribution >= 4 is 21.4 Å². The number of piperidine rings is 1. The van der Waals surface area contributed by atoms with E-state index in [9.17, 15) is 12.8 Å². The van der Waals surface area contributed by atoms with Crippen LogP contribution in [-0.4, -0.2) is 36.0 Å². The zero-order valence-corrected chi connectivity index (χ0v) is 17.0. The Balaban J connectivity index is 1.43. The lowest BCUT2D eigenvalue weighted by molar-refractivity contribution is 0.292. The Morgan fingerprint density at radius 3 is 2.50 bits per heavy atom. The number of rotatable bonds is 5. The van der Waals surface area contributed by atoms with E-state index in [2.05, 4.69) is 10.2 Å². The molecule has 9 heteroatoms. The highest BCUT2D eigenvalue weighted by atomic mass is 32.2. The molecule has 28 heavy (non-hydrogen) atoms. The average molecular weight is 422 g/mol. The number of hydrogen-bond donors (Lipinski definition) is 0. The van der Waals surface area contributed by atoms with E-state index in [1.54, 1.807) is 18.2 Å². The van der Waals surface area contributed by atoms with Gasteiger partial charge in [0.2, 0.25) is 11.8 Å². The third kappa shape index (κ3) is 3.74. The van der Waals surface area contributed by atoms with Gasteiger partial charge in [0.1, 0.15) is 10.0 Å². The number of hydrogen-bond acceptors (Lipinski definition) is 6. The fraction of sp³-hybridized carbons (Fsp3) is 0.368. The van der Waals surface area contributed by atoms with Gasteiger partial charge in [0.25, 0.3) is 10.0 Å². The van der Waals surface area contributed by atoms with Crippen molar-refractivity contribution in [3.8, 4) is 11.5 Å². The lowest BCUT2D eigenvalue weighted by Gasteiger charge is -2.29. The number of benzene rings is 1. The van der Waals surface area contributed by atoms with E-state index >= 15 is 0 Å². The molecule has 1 fully saturated rings. The lowest BCUT2D eigenvalue weighted by Crippen LogP contribution is -2.37. The molecule has 1 aliphatic rings. The summed E-state index contributed by atoms with van der Waals surface area (Å²) in [7, 11) is -3.45. The van der Waals surface area contributed by atoms with Crippen LogP contribution in [0, 0.1) is 5.82 Å². The fourth-order valence-electron chi connectivity index (χ4n) is 3.27. The first-order chi connectivity index (χ1) is 13.5. The molecular weight excluding hydrogens is 401 g/mol. The van der Waals surface area contributed by atoms with Gasteiger partial charge in [0.05, 0.1) is 0 Å². The van der Waals surface area contributed by atoms with Gasteiger partial charge in [-0.2, -0.15) is 4.31 Å². The Labute approximate surface area is 167 Å². The van der Waals surface area contributed by atoms with Gasteiger partial charge in [-0.05, 0) is 55.7 Å². The van der Waals surface area contributed by atoms with Gasteiger partial charge in [0, 0.05) is 29.4 Å². The van der Waals surface area contributed by atoms with Gasteiger partial charge in [-0.25, -0.2) is 12.8 Å². The van der Waals surface area contributed by atoms with Crippen LogP contribution in [0.25, 0.3) is 11.5 Å². The van der Waals surface area contributed by atoms with E-state index in [4.69, 9.17) is 4.42 Å². The first kappa shape index (κ1) is 19.2. The van der Waals surface area contributed by atoms with Gasteiger partial charge >= 0.3 is 0 Å². The largest absolute Gasteiger partial charge is 0.420 e. The number of halogens is 1. The quantitative estimate of drug-likeness (QED) is 0.621. The molecular formula is C19H20FN3O3S2. The van der Waals surface area contributed by atoms with Gasteiger partial charge < -0.3 is 4.42 Å². The van der Waals surface area contributed by atoms with Crippen LogP contribution in [0.1, 0.15) is 36.5 Å². The van der Waals surface area contributed by atoms with E-state index in [-0.39, 0.29) is 11.7 Å². The van der Waals surface area contributed by atoms with Crippen molar-refractivity contribution in [3.05, 3.63) is 53.0 Å². The minimum Gasteiger partial charge on any atom is -0.420 e. The van der Waals surface area contributed by atoms with Crippen molar-refractivity contribution in [2.24, 2.45) is 0 Å². The van der Waals surface area contributed by atoms with Gasteiger partial charge in [-0.3, -0.25) is 0 Å². The minimum atomic E-state index is -3.45. The van der Waals surface area contributed by atoms with Crippen LogP contribution in [0.5, 0.6) is 0 Å². The van der Waals surface area contributed by atoms with Crippen molar-refractivity contribution in [2.75, 3.05) is 13.1 Å². The smallest absolute Gasteiger partial charge is 0.252 e. The van der Waals surface area contributed by atoms with Crippen LogP contribution in [-0.2, 0) is 16.4 Å². The number of nitrogens with zero attached hydrogens (tertiary/aromatic N) is 3. The maximum absolute atomic E-state index is 13.1. The molecule has 3 heterocycles. The summed E-state index contributed by atoms with van der Waals surface area (Å²) in [6, 6.07) is 9.44. The van der Waals surface area contributed by atoms with Crippen molar-refractivity contribution in [3.63, 3.8) is 0 Å². The monoisotopic (exact) mass is 421 g/mol. The van der Waals surface area contributed by atoms with Crippen LogP contribution in [0.2, 0.25) is 0 Å². The Morgan fingerprint density at radius 2 is 1.86 bits per heavy atom. The summed E-state index contributed by atoms with van der Waals surface area (Å²) in [4.78, 5) is 1.06. The summed E-state index contributed by atoms with van der Waals surface area (Å²) < 4.78 is 46.4. The number of sulfonamides is 1. The first-order valence-corrected chi connectivity index (χ1v) is 11.4. The molecule has 3 aromatic rings. The second-order valence-electron chi connectivity index (χ2n) is 6.71. The summed E-state index contributed by atoms with van der Waals surface area (Å²) in [6.07, 6.45) is 2.07. The standard InChI is InChI=1S/C19H20FN3O3S2/c1-2-16-7-8-17(27-16)28(24,25)23-11-9-14(10-12-23)19-22-21-18(26-19)13-3-5-15(20)6-4-13/h3-8,14H,2,9-12H2,1H3. The predicted octanol–water partition coefficient (Wildman–Crippen LogP) is 4.07. The third-order valence-corrected chi connectivity index (χ3v) is 8.51. The maximum Gasteiger partial charge on any atom is 0.252 e. The van der Waals surface area contributed by atoms with Gasteiger partial charge in [-0.1, -0.05) is 6.92 Å². The topological polar surface area (TPSA) is 76.3 Å². The van der Waals surface area contributed by atoms with E-state index in [1.807, 2.05) is 13.0 Å². The molecule has 0 aliphatic carbocycles. The number of aryl methyl sites for hydroxylation is 1. The van der Waals surface area contributed by atoms with Crippen LogP contribution in [0.3, 0.4) is 0 Å².